The van der Waals surface area contributed by atoms with E-state index >= 15 is 0 Å². The molecular formula is C24H27ClN4O2S. The molecule has 1 saturated heterocycles. The van der Waals surface area contributed by atoms with Crippen LogP contribution in [0.2, 0.25) is 5.02 Å². The maximum Gasteiger partial charge on any atom is 0.263 e. The van der Waals surface area contributed by atoms with Crippen molar-refractivity contribution in [3.05, 3.63) is 75.7 Å². The molecule has 6 nitrogen and oxygen atoms in total. The number of amides is 1. The number of halogens is 1. The van der Waals surface area contributed by atoms with Gasteiger partial charge in [-0.15, -0.1) is 11.3 Å². The van der Waals surface area contributed by atoms with Gasteiger partial charge in [-0.2, -0.15) is 0 Å². The van der Waals surface area contributed by atoms with Crippen LogP contribution in [0.25, 0.3) is 0 Å². The van der Waals surface area contributed by atoms with Gasteiger partial charge in [-0.1, -0.05) is 29.8 Å². The lowest BCUT2D eigenvalue weighted by Crippen LogP contribution is -2.45. The molecule has 0 bridgehead atoms. The summed E-state index contributed by atoms with van der Waals surface area (Å²) >= 11 is 7.46. The number of benzene rings is 2. The number of nitrogens with one attached hydrogen (secondary N) is 1. The van der Waals surface area contributed by atoms with Gasteiger partial charge in [0.25, 0.3) is 5.91 Å². The molecule has 2 heterocycles. The molecule has 1 aliphatic rings. The number of hydrogen-bond donors (Lipinski definition) is 1. The normalized spacial score (nSPS) is 15.4. The molecule has 32 heavy (non-hydrogen) atoms. The largest absolute Gasteiger partial charge is 0.489 e. The molecule has 1 N–H and O–H groups in total. The first-order valence-electron chi connectivity index (χ1n) is 10.7. The maximum atomic E-state index is 12.1. The van der Waals surface area contributed by atoms with Crippen LogP contribution in [0.5, 0.6) is 5.75 Å². The molecule has 3 aromatic rings. The summed E-state index contributed by atoms with van der Waals surface area (Å²) in [6.45, 7) is 7.23. The third-order valence-corrected chi connectivity index (χ3v) is 6.40. The van der Waals surface area contributed by atoms with Crippen LogP contribution in [0.4, 0.5) is 5.69 Å². The lowest BCUT2D eigenvalue weighted by atomic mass is 10.1. The zero-order valence-corrected chi connectivity index (χ0v) is 19.6. The van der Waals surface area contributed by atoms with E-state index in [-0.39, 0.29) is 12.0 Å². The highest BCUT2D eigenvalue weighted by atomic mass is 35.5. The number of aromatic nitrogens is 1. The molecule has 8 heteroatoms. The van der Waals surface area contributed by atoms with Crippen molar-refractivity contribution in [2.24, 2.45) is 0 Å². The van der Waals surface area contributed by atoms with Gasteiger partial charge in [-0.05, 0) is 42.8 Å². The fourth-order valence-electron chi connectivity index (χ4n) is 3.74. The van der Waals surface area contributed by atoms with Crippen LogP contribution in [0.15, 0.2) is 60.2 Å². The minimum Gasteiger partial charge on any atom is -0.489 e. The average molecular weight is 471 g/mol. The Bertz CT molecular complexity index is 1020. The van der Waals surface area contributed by atoms with E-state index in [0.717, 1.165) is 43.5 Å². The Balaban J connectivity index is 1.25. The molecule has 0 radical (unpaired) electrons. The highest BCUT2D eigenvalue weighted by Crippen LogP contribution is 2.22. The molecule has 0 aliphatic carbocycles. The highest BCUT2D eigenvalue weighted by Gasteiger charge is 2.18. The number of rotatable bonds is 8. The zero-order chi connectivity index (χ0) is 22.3. The lowest BCUT2D eigenvalue weighted by molar-refractivity contribution is 0.0936. The van der Waals surface area contributed by atoms with Crippen LogP contribution in [-0.2, 0) is 6.54 Å². The second-order valence-electron chi connectivity index (χ2n) is 7.89. The van der Waals surface area contributed by atoms with Crippen molar-refractivity contribution in [1.82, 2.24) is 15.2 Å². The van der Waals surface area contributed by atoms with Crippen LogP contribution in [0, 0.1) is 0 Å². The molecule has 4 rings (SSSR count). The quantitative estimate of drug-likeness (QED) is 0.531. The zero-order valence-electron chi connectivity index (χ0n) is 18.0. The van der Waals surface area contributed by atoms with Gasteiger partial charge in [0.1, 0.15) is 16.7 Å². The van der Waals surface area contributed by atoms with Gasteiger partial charge in [0.05, 0.1) is 18.3 Å². The van der Waals surface area contributed by atoms with Gasteiger partial charge in [0, 0.05) is 43.4 Å². The molecule has 1 fully saturated rings. The van der Waals surface area contributed by atoms with Crippen LogP contribution < -0.4 is 15.0 Å². The molecule has 2 aromatic carbocycles. The van der Waals surface area contributed by atoms with E-state index in [4.69, 9.17) is 16.3 Å². The Morgan fingerprint density at radius 3 is 2.75 bits per heavy atom. The van der Waals surface area contributed by atoms with Crippen molar-refractivity contribution in [1.29, 1.82) is 0 Å². The number of hydrogen-bond acceptors (Lipinski definition) is 6. The van der Waals surface area contributed by atoms with Crippen molar-refractivity contribution in [3.63, 3.8) is 0 Å². The first-order valence-corrected chi connectivity index (χ1v) is 12.0. The van der Waals surface area contributed by atoms with Gasteiger partial charge in [0.15, 0.2) is 0 Å². The third-order valence-electron chi connectivity index (χ3n) is 5.39. The molecule has 1 aliphatic heterocycles. The Hall–Kier alpha value is -2.61. The summed E-state index contributed by atoms with van der Waals surface area (Å²) in [4.78, 5) is 21.4. The van der Waals surface area contributed by atoms with E-state index < -0.39 is 0 Å². The number of ether oxygens (including phenoxy) is 1. The number of thiazole rings is 1. The maximum absolute atomic E-state index is 12.1. The van der Waals surface area contributed by atoms with Gasteiger partial charge < -0.3 is 15.0 Å². The highest BCUT2D eigenvalue weighted by molar-refractivity contribution is 7.11. The Morgan fingerprint density at radius 1 is 1.19 bits per heavy atom. The Kier molecular flexibility index (Phi) is 7.63. The third kappa shape index (κ3) is 6.22. The summed E-state index contributed by atoms with van der Waals surface area (Å²) in [6, 6.07) is 16.3. The van der Waals surface area contributed by atoms with E-state index in [2.05, 4.69) is 38.3 Å². The summed E-state index contributed by atoms with van der Waals surface area (Å²) < 4.78 is 6.03. The summed E-state index contributed by atoms with van der Waals surface area (Å²) in [5.41, 5.74) is 4.06. The van der Waals surface area contributed by atoms with Crippen LogP contribution in [0.3, 0.4) is 0 Å². The fraction of sp³-hybridized carbons (Fsp3) is 0.333. The average Bonchev–Trinajstić information content (AvgIpc) is 3.33. The van der Waals surface area contributed by atoms with Crippen LogP contribution >= 0.6 is 22.9 Å². The monoisotopic (exact) mass is 470 g/mol. The molecular weight excluding hydrogens is 444 g/mol. The molecule has 1 amide bonds. The summed E-state index contributed by atoms with van der Waals surface area (Å²) in [7, 11) is 0. The molecule has 0 saturated carbocycles. The van der Waals surface area contributed by atoms with Crippen molar-refractivity contribution < 1.29 is 9.53 Å². The van der Waals surface area contributed by atoms with E-state index in [1.54, 1.807) is 11.7 Å². The minimum atomic E-state index is -0.136. The first-order chi connectivity index (χ1) is 15.6. The predicted molar refractivity (Wildman–Crippen MR) is 130 cm³/mol. The van der Waals surface area contributed by atoms with E-state index in [1.165, 1.54) is 22.6 Å². The first kappa shape index (κ1) is 22.6. The second-order valence-corrected chi connectivity index (χ2v) is 9.22. The van der Waals surface area contributed by atoms with Gasteiger partial charge >= 0.3 is 0 Å². The van der Waals surface area contributed by atoms with E-state index in [0.29, 0.717) is 11.4 Å². The fourth-order valence-corrected chi connectivity index (χ4v) is 4.46. The van der Waals surface area contributed by atoms with Crippen molar-refractivity contribution in [2.75, 3.05) is 37.6 Å². The minimum absolute atomic E-state index is 0.117. The molecule has 0 spiro atoms. The number of carbonyl (C=O) groups excluding carboxylic acids is 1. The van der Waals surface area contributed by atoms with Gasteiger partial charge in [0.2, 0.25) is 0 Å². The second kappa shape index (κ2) is 10.8. The number of anilines is 1. The standard InChI is InChI=1S/C24H27ClN4O2S/c1-18(14-27-24(30)23-15-26-17-32-23)31-22-7-2-4-19(12-22)16-28-8-10-29(11-9-28)21-6-3-5-20(25)13-21/h2-7,12-13,15,17-18H,8-11,14,16H2,1H3,(H,27,30). The van der Waals surface area contributed by atoms with E-state index in [9.17, 15) is 4.79 Å². The van der Waals surface area contributed by atoms with E-state index in [1.807, 2.05) is 37.3 Å². The predicted octanol–water partition coefficient (Wildman–Crippen LogP) is 4.32. The van der Waals surface area contributed by atoms with Crippen molar-refractivity contribution in [3.8, 4) is 5.75 Å². The SMILES string of the molecule is CC(CNC(=O)c1cncs1)Oc1cccc(CN2CCN(c3cccc(Cl)c3)CC2)c1. The van der Waals surface area contributed by atoms with Crippen molar-refractivity contribution in [2.45, 2.75) is 19.6 Å². The molecule has 1 atom stereocenters. The molecule has 1 unspecified atom stereocenters. The Morgan fingerprint density at radius 2 is 2.00 bits per heavy atom. The number of carbonyl (C=O) groups is 1. The van der Waals surface area contributed by atoms with Crippen LogP contribution in [0.1, 0.15) is 22.2 Å². The lowest BCUT2D eigenvalue weighted by Gasteiger charge is -2.36. The summed E-state index contributed by atoms with van der Waals surface area (Å²) in [5, 5.41) is 3.67. The van der Waals surface area contributed by atoms with Crippen LogP contribution in [-0.4, -0.2) is 54.6 Å². The molecule has 168 valence electrons. The molecule has 1 aromatic heterocycles. The van der Waals surface area contributed by atoms with Gasteiger partial charge in [-0.25, -0.2) is 0 Å². The summed E-state index contributed by atoms with van der Waals surface area (Å²) in [6.07, 6.45) is 1.44. The Labute approximate surface area is 197 Å². The smallest absolute Gasteiger partial charge is 0.263 e. The van der Waals surface area contributed by atoms with Crippen molar-refractivity contribution >= 4 is 34.5 Å². The topological polar surface area (TPSA) is 57.7 Å². The summed E-state index contributed by atoms with van der Waals surface area (Å²) in [5.74, 6) is 0.702. The number of nitrogens with zero attached hydrogens (tertiary/aromatic N) is 3. The number of piperazine rings is 1. The van der Waals surface area contributed by atoms with Gasteiger partial charge in [-0.3, -0.25) is 14.7 Å².